The highest BCUT2D eigenvalue weighted by molar-refractivity contribution is 7.11. The second-order valence-electron chi connectivity index (χ2n) is 11.1. The molecule has 0 unspecified atom stereocenters. The first-order chi connectivity index (χ1) is 20.3. The third-order valence-electron chi connectivity index (χ3n) is 7.57. The van der Waals surface area contributed by atoms with Crippen LogP contribution in [0.2, 0.25) is 0 Å². The Balaban J connectivity index is 0.000000575. The lowest BCUT2D eigenvalue weighted by atomic mass is 10.0. The summed E-state index contributed by atoms with van der Waals surface area (Å²) in [5, 5.41) is 13.4. The van der Waals surface area contributed by atoms with Crippen molar-refractivity contribution in [2.45, 2.75) is 91.1 Å². The first-order valence-corrected chi connectivity index (χ1v) is 16.5. The highest BCUT2D eigenvalue weighted by Gasteiger charge is 2.28. The first kappa shape index (κ1) is 37.7. The van der Waals surface area contributed by atoms with Gasteiger partial charge in [0.2, 0.25) is 5.91 Å². The maximum Gasteiger partial charge on any atom is 0.240 e. The Labute approximate surface area is 260 Å². The fourth-order valence-corrected chi connectivity index (χ4v) is 5.92. The smallest absolute Gasteiger partial charge is 0.240 e. The molecule has 0 saturated carbocycles. The van der Waals surface area contributed by atoms with Gasteiger partial charge in [-0.2, -0.15) is 0 Å². The van der Waals surface area contributed by atoms with E-state index >= 15 is 0 Å². The Hall–Kier alpha value is -2.33. The van der Waals surface area contributed by atoms with Crippen LogP contribution in [0.3, 0.4) is 0 Å². The van der Waals surface area contributed by atoms with Crippen LogP contribution >= 0.6 is 11.3 Å². The van der Waals surface area contributed by atoms with E-state index in [1.165, 1.54) is 76.5 Å². The maximum absolute atomic E-state index is 11.8. The molecule has 0 aromatic carbocycles. The Morgan fingerprint density at radius 2 is 1.79 bits per heavy atom. The van der Waals surface area contributed by atoms with E-state index in [4.69, 9.17) is 5.11 Å². The fourth-order valence-electron chi connectivity index (χ4n) is 5.19. The molecule has 0 spiro atoms. The Bertz CT molecular complexity index is 943. The Morgan fingerprint density at radius 3 is 2.33 bits per heavy atom. The Kier molecular flexibility index (Phi) is 20.8. The molecule has 1 amide bonds. The van der Waals surface area contributed by atoms with Gasteiger partial charge in [-0.1, -0.05) is 25.5 Å². The summed E-state index contributed by atoms with van der Waals surface area (Å²) in [5.41, 5.74) is 1.06. The van der Waals surface area contributed by atoms with Crippen LogP contribution in [0.1, 0.15) is 89.3 Å². The molecule has 8 nitrogen and oxygen atoms in total. The van der Waals surface area contributed by atoms with E-state index in [0.29, 0.717) is 6.42 Å². The lowest BCUT2D eigenvalue weighted by Gasteiger charge is -2.35. The van der Waals surface area contributed by atoms with E-state index in [2.05, 4.69) is 22.2 Å². The zero-order valence-corrected chi connectivity index (χ0v) is 27.5. The van der Waals surface area contributed by atoms with E-state index < -0.39 is 0 Å². The minimum Gasteiger partial charge on any atom is -0.516 e. The lowest BCUT2D eigenvalue weighted by Crippen LogP contribution is -2.51. The van der Waals surface area contributed by atoms with E-state index in [1.807, 2.05) is 44.4 Å². The minimum absolute atomic E-state index is 0. The molecule has 0 aliphatic carbocycles. The molecule has 3 aliphatic heterocycles. The van der Waals surface area contributed by atoms with Crippen molar-refractivity contribution < 1.29 is 20.9 Å². The van der Waals surface area contributed by atoms with Crippen LogP contribution in [0.15, 0.2) is 35.9 Å². The predicted octanol–water partition coefficient (Wildman–Crippen LogP) is 5.75. The van der Waals surface area contributed by atoms with Gasteiger partial charge in [0.15, 0.2) is 6.29 Å². The topological polar surface area (TPSA) is 93.2 Å². The van der Waals surface area contributed by atoms with E-state index in [-0.39, 0.29) is 25.7 Å². The number of carbonyl (C=O) groups is 3. The number of likely N-dealkylation sites (tertiary alicyclic amines) is 3. The van der Waals surface area contributed by atoms with Crippen LogP contribution in [0, 0.1) is 0 Å². The molecule has 0 radical (unpaired) electrons. The number of likely N-dealkylation sites (N-methyl/N-ethyl adjacent to an activating group) is 2. The third-order valence-corrected chi connectivity index (χ3v) is 8.47. The zero-order chi connectivity index (χ0) is 31.2. The normalized spacial score (nSPS) is 21.3. The van der Waals surface area contributed by atoms with E-state index in [1.54, 1.807) is 11.0 Å². The van der Waals surface area contributed by atoms with Gasteiger partial charge in [-0.05, 0) is 122 Å². The van der Waals surface area contributed by atoms with Gasteiger partial charge < -0.3 is 25.1 Å². The lowest BCUT2D eigenvalue weighted by molar-refractivity contribution is -0.139. The van der Waals surface area contributed by atoms with E-state index in [0.717, 1.165) is 55.0 Å². The summed E-state index contributed by atoms with van der Waals surface area (Å²) in [6.07, 6.45) is 17.2. The largest absolute Gasteiger partial charge is 0.516 e. The second kappa shape index (κ2) is 23.2. The number of Topliss-reactive ketones (excluding diaryl/α,β-unsaturated/α-hetero) is 1. The summed E-state index contributed by atoms with van der Waals surface area (Å²) >= 11 is 1.42. The van der Waals surface area contributed by atoms with Gasteiger partial charge >= 0.3 is 0 Å². The van der Waals surface area contributed by atoms with Crippen LogP contribution < -0.4 is 5.32 Å². The molecule has 42 heavy (non-hydrogen) atoms. The van der Waals surface area contributed by atoms with Crippen LogP contribution in [0.25, 0.3) is 0 Å². The molecule has 240 valence electrons. The molecule has 2 N–H and O–H groups in total. The minimum atomic E-state index is -0.0758. The standard InChI is InChI=1S/C11H22N2.C10H18N2O2.C8H8O2S.C4H8.H2/c1-12-7-3-2-6-11(12)10-13-8-4-5-9-13;1-3-11-9-5-4-6-12(10(9)14)7-8(2)13;9-3-1-2-7-4-8(5-10)11-6-7;1-3-4-2;/h11H,2-10H2,1H3;9,11H,3-7H2,1-2H3;1,3-6,9H,2H2;3-4H,1-2H3;1H/b;;3-1+;4-3-;/t11-;9-;;;/m00.../s1. The number of nitrogens with zero attached hydrogens (tertiary/aromatic N) is 3. The van der Waals surface area contributed by atoms with Gasteiger partial charge in [0.1, 0.15) is 5.78 Å². The number of hydrogen-bond donors (Lipinski definition) is 2. The van der Waals surface area contributed by atoms with Gasteiger partial charge in [-0.15, -0.1) is 11.3 Å². The van der Waals surface area contributed by atoms with E-state index in [9.17, 15) is 14.4 Å². The van der Waals surface area contributed by atoms with Gasteiger partial charge in [-0.25, -0.2) is 0 Å². The predicted molar refractivity (Wildman–Crippen MR) is 178 cm³/mol. The summed E-state index contributed by atoms with van der Waals surface area (Å²) in [6.45, 7) is 14.6. The number of piperidine rings is 2. The molecule has 0 bridgehead atoms. The van der Waals surface area contributed by atoms with Gasteiger partial charge in [-0.3, -0.25) is 14.4 Å². The fraction of sp³-hybridized carbons (Fsp3) is 0.667. The van der Waals surface area contributed by atoms with Crippen molar-refractivity contribution in [3.63, 3.8) is 0 Å². The van der Waals surface area contributed by atoms with Crippen LogP contribution in [0.4, 0.5) is 0 Å². The van der Waals surface area contributed by atoms with Gasteiger partial charge in [0, 0.05) is 20.6 Å². The number of carbonyl (C=O) groups excluding carboxylic acids is 3. The monoisotopic (exact) mass is 606 g/mol. The molecular formula is C33H58N4O4S. The van der Waals surface area contributed by atoms with Crippen molar-refractivity contribution in [3.8, 4) is 0 Å². The van der Waals surface area contributed by atoms with Gasteiger partial charge in [0.25, 0.3) is 0 Å². The van der Waals surface area contributed by atoms with Crippen LogP contribution in [-0.2, 0) is 16.0 Å². The molecule has 4 heterocycles. The average Bonchev–Trinajstić information content (AvgIpc) is 3.68. The number of hydrogen-bond acceptors (Lipinski definition) is 8. The molecule has 3 fully saturated rings. The molecular weight excluding hydrogens is 548 g/mol. The zero-order valence-electron chi connectivity index (χ0n) is 26.7. The number of aldehydes is 1. The van der Waals surface area contributed by atoms with Crippen molar-refractivity contribution in [3.05, 3.63) is 46.4 Å². The summed E-state index contributed by atoms with van der Waals surface area (Å²) in [6, 6.07) is 2.59. The summed E-state index contributed by atoms with van der Waals surface area (Å²) in [4.78, 5) is 40.5. The molecule has 1 aromatic heterocycles. The van der Waals surface area contributed by atoms with Crippen LogP contribution in [0.5, 0.6) is 0 Å². The molecule has 4 rings (SSSR count). The van der Waals surface area contributed by atoms with Gasteiger partial charge in [0.05, 0.1) is 23.7 Å². The number of ketones is 1. The number of nitrogens with one attached hydrogen (secondary N) is 1. The average molecular weight is 607 g/mol. The maximum atomic E-state index is 11.8. The molecule has 9 heteroatoms. The van der Waals surface area contributed by atoms with Crippen molar-refractivity contribution in [1.29, 1.82) is 0 Å². The summed E-state index contributed by atoms with van der Waals surface area (Å²) in [5.74, 6) is 0.129. The molecule has 3 aliphatic rings. The molecule has 1 aromatic rings. The third kappa shape index (κ3) is 15.8. The summed E-state index contributed by atoms with van der Waals surface area (Å²) < 4.78 is 0. The number of thiophene rings is 1. The number of allylic oxidation sites excluding steroid dienone is 3. The quantitative estimate of drug-likeness (QED) is 0.210. The highest BCUT2D eigenvalue weighted by Crippen LogP contribution is 2.18. The summed E-state index contributed by atoms with van der Waals surface area (Å²) in [7, 11) is 2.29. The molecule has 2 atom stereocenters. The van der Waals surface area contributed by atoms with Crippen molar-refractivity contribution >= 4 is 29.3 Å². The number of rotatable bonds is 9. The van der Waals surface area contributed by atoms with Crippen LogP contribution in [-0.4, -0.2) is 103 Å². The van der Waals surface area contributed by atoms with Crippen molar-refractivity contribution in [2.75, 3.05) is 52.9 Å². The highest BCUT2D eigenvalue weighted by atomic mass is 32.1. The second-order valence-corrected chi connectivity index (χ2v) is 12.0. The number of amides is 1. The first-order valence-electron chi connectivity index (χ1n) is 15.6. The number of aliphatic hydroxyl groups excluding tert-OH is 1. The Morgan fingerprint density at radius 1 is 1.10 bits per heavy atom. The number of aliphatic hydroxyl groups is 1. The van der Waals surface area contributed by atoms with Crippen molar-refractivity contribution in [2.24, 2.45) is 0 Å². The molecule has 3 saturated heterocycles. The van der Waals surface area contributed by atoms with Crippen molar-refractivity contribution in [1.82, 2.24) is 20.0 Å². The SMILES string of the molecule is C/C=C\C.CCN[C@H]1CCCN(CC(C)=O)C1=O.CN1CCCC[C@H]1CN1CCCC1.O=Cc1cc(C/C=C/O)cs1.[HH].